The number of amides is 1. The summed E-state index contributed by atoms with van der Waals surface area (Å²) in [4.78, 5) is 34.8. The zero-order chi connectivity index (χ0) is 32.7. The van der Waals surface area contributed by atoms with Crippen molar-refractivity contribution in [2.75, 3.05) is 36.4 Å². The van der Waals surface area contributed by atoms with Gasteiger partial charge in [0.1, 0.15) is 5.54 Å². The summed E-state index contributed by atoms with van der Waals surface area (Å²) in [6.07, 6.45) is 3.72. The number of thiazole rings is 1. The van der Waals surface area contributed by atoms with Crippen LogP contribution in [0, 0.1) is 11.8 Å². The number of benzene rings is 2. The molecule has 1 amide bonds. The summed E-state index contributed by atoms with van der Waals surface area (Å²) in [5.41, 5.74) is 3.43. The Morgan fingerprint density at radius 2 is 1.74 bits per heavy atom. The SMILES string of the molecule is CC[C@@](C)(NS(=O)(=O)N1CCN(c2ccc(C#Cc3nc(-c4cccc(NC(=O)Cc5ccncc5)c4)cs3)cc2)CC1)C(=O)O. The summed E-state index contributed by atoms with van der Waals surface area (Å²) in [6.45, 7) is 4.43. The van der Waals surface area contributed by atoms with E-state index in [1.54, 1.807) is 19.3 Å². The standard InChI is InChI=1S/C33H34N6O5S2/c1-3-33(2,32(41)42)37-46(43,44)39-19-17-38(18-20-39)28-10-7-24(8-11-28)9-12-31-36-29(23-45-31)26-5-4-6-27(22-26)35-30(40)21-25-13-15-34-16-14-25/h4-8,10-11,13-16,22-23,37H,3,17-21H2,1-2H3,(H,35,40)(H,41,42)/t33-/m1/s1. The van der Waals surface area contributed by atoms with E-state index in [-0.39, 0.29) is 31.8 Å². The lowest BCUT2D eigenvalue weighted by atomic mass is 10.0. The highest BCUT2D eigenvalue weighted by atomic mass is 32.2. The molecule has 1 aliphatic heterocycles. The van der Waals surface area contributed by atoms with Crippen molar-refractivity contribution < 1.29 is 23.1 Å². The average Bonchev–Trinajstić information content (AvgIpc) is 3.54. The van der Waals surface area contributed by atoms with Gasteiger partial charge in [-0.2, -0.15) is 17.4 Å². The molecule has 11 nitrogen and oxygen atoms in total. The van der Waals surface area contributed by atoms with Gasteiger partial charge in [-0.15, -0.1) is 11.3 Å². The second kappa shape index (κ2) is 14.2. The first-order chi connectivity index (χ1) is 22.0. The van der Waals surface area contributed by atoms with E-state index in [0.29, 0.717) is 23.8 Å². The molecule has 0 spiro atoms. The Balaban J connectivity index is 1.16. The molecular formula is C33H34N6O5S2. The molecule has 1 atom stereocenters. The summed E-state index contributed by atoms with van der Waals surface area (Å²) < 4.78 is 29.3. The number of nitrogens with zero attached hydrogens (tertiary/aromatic N) is 4. The molecule has 1 saturated heterocycles. The van der Waals surface area contributed by atoms with Crippen molar-refractivity contribution in [3.8, 4) is 23.1 Å². The van der Waals surface area contributed by atoms with Gasteiger partial charge in [0, 0.05) is 66.5 Å². The normalized spacial score (nSPS) is 15.0. The summed E-state index contributed by atoms with van der Waals surface area (Å²) in [6, 6.07) is 18.9. The van der Waals surface area contributed by atoms with E-state index in [1.807, 2.05) is 66.0 Å². The first-order valence-corrected chi connectivity index (χ1v) is 17.0. The quantitative estimate of drug-likeness (QED) is 0.217. The maximum Gasteiger partial charge on any atom is 0.324 e. The number of aliphatic carboxylic acids is 1. The van der Waals surface area contributed by atoms with Gasteiger partial charge in [0.2, 0.25) is 5.91 Å². The molecule has 0 unspecified atom stereocenters. The molecule has 2 aromatic carbocycles. The van der Waals surface area contributed by atoms with Crippen molar-refractivity contribution in [2.24, 2.45) is 0 Å². The first kappa shape index (κ1) is 32.8. The van der Waals surface area contributed by atoms with Crippen LogP contribution in [0.15, 0.2) is 78.4 Å². The summed E-state index contributed by atoms with van der Waals surface area (Å²) in [5, 5.41) is 15.0. The van der Waals surface area contributed by atoms with Crippen molar-refractivity contribution in [1.29, 1.82) is 0 Å². The van der Waals surface area contributed by atoms with E-state index >= 15 is 0 Å². The van der Waals surface area contributed by atoms with Crippen LogP contribution < -0.4 is 14.9 Å². The molecule has 46 heavy (non-hydrogen) atoms. The summed E-state index contributed by atoms with van der Waals surface area (Å²) in [5.74, 6) is 4.96. The topological polar surface area (TPSA) is 145 Å². The number of carboxylic acid groups (broad SMARTS) is 1. The largest absolute Gasteiger partial charge is 0.480 e. The van der Waals surface area contributed by atoms with Gasteiger partial charge in [0.15, 0.2) is 5.01 Å². The average molecular weight is 659 g/mol. The Kier molecular flexibility index (Phi) is 10.1. The number of carbonyl (C=O) groups excluding carboxylic acids is 1. The van der Waals surface area contributed by atoms with Crippen LogP contribution in [0.2, 0.25) is 0 Å². The third-order valence-electron chi connectivity index (χ3n) is 7.72. The van der Waals surface area contributed by atoms with E-state index in [2.05, 4.69) is 36.7 Å². The highest BCUT2D eigenvalue weighted by Gasteiger charge is 2.38. The van der Waals surface area contributed by atoms with E-state index in [1.165, 1.54) is 22.6 Å². The second-order valence-electron chi connectivity index (χ2n) is 11.0. The van der Waals surface area contributed by atoms with Crippen molar-refractivity contribution in [2.45, 2.75) is 32.2 Å². The van der Waals surface area contributed by atoms with Gasteiger partial charge < -0.3 is 15.3 Å². The molecular weight excluding hydrogens is 625 g/mol. The number of hydrogen-bond donors (Lipinski definition) is 3. The Hall–Kier alpha value is -4.61. The van der Waals surface area contributed by atoms with Gasteiger partial charge in [0.05, 0.1) is 12.1 Å². The second-order valence-corrected chi connectivity index (χ2v) is 13.5. The van der Waals surface area contributed by atoms with Gasteiger partial charge >= 0.3 is 5.97 Å². The fourth-order valence-corrected chi connectivity index (χ4v) is 7.04. The minimum Gasteiger partial charge on any atom is -0.480 e. The number of carboxylic acids is 1. The third kappa shape index (κ3) is 8.15. The van der Waals surface area contributed by atoms with E-state index < -0.39 is 21.7 Å². The molecule has 4 aromatic rings. The van der Waals surface area contributed by atoms with E-state index in [4.69, 9.17) is 0 Å². The van der Waals surface area contributed by atoms with Crippen molar-refractivity contribution in [3.05, 3.63) is 94.6 Å². The predicted molar refractivity (Wildman–Crippen MR) is 179 cm³/mol. The minimum atomic E-state index is -3.94. The van der Waals surface area contributed by atoms with Gasteiger partial charge in [-0.25, -0.2) is 4.98 Å². The van der Waals surface area contributed by atoms with Crippen LogP contribution in [-0.4, -0.2) is 71.4 Å². The highest BCUT2D eigenvalue weighted by Crippen LogP contribution is 2.25. The third-order valence-corrected chi connectivity index (χ3v) is 10.2. The number of anilines is 2. The maximum atomic E-state index is 12.8. The van der Waals surface area contributed by atoms with Gasteiger partial charge in [-0.1, -0.05) is 25.0 Å². The number of hydrogen-bond acceptors (Lipinski definition) is 8. The van der Waals surface area contributed by atoms with Crippen LogP contribution in [0.3, 0.4) is 0 Å². The molecule has 238 valence electrons. The van der Waals surface area contributed by atoms with Crippen LogP contribution in [0.1, 0.15) is 36.4 Å². The lowest BCUT2D eigenvalue weighted by Crippen LogP contribution is -2.59. The van der Waals surface area contributed by atoms with Gasteiger partial charge in [-0.05, 0) is 73.4 Å². The van der Waals surface area contributed by atoms with Crippen LogP contribution in [0.25, 0.3) is 11.3 Å². The molecule has 0 bridgehead atoms. The van der Waals surface area contributed by atoms with Crippen molar-refractivity contribution >= 4 is 44.8 Å². The smallest absolute Gasteiger partial charge is 0.324 e. The van der Waals surface area contributed by atoms with Crippen LogP contribution >= 0.6 is 11.3 Å². The fraction of sp³-hybridized carbons (Fsp3) is 0.273. The predicted octanol–water partition coefficient (Wildman–Crippen LogP) is 4.00. The zero-order valence-electron chi connectivity index (χ0n) is 25.4. The lowest BCUT2D eigenvalue weighted by Gasteiger charge is -2.37. The Bertz CT molecular complexity index is 1860. The molecule has 2 aromatic heterocycles. The molecule has 5 rings (SSSR count). The molecule has 0 aliphatic carbocycles. The summed E-state index contributed by atoms with van der Waals surface area (Å²) in [7, 11) is -3.94. The van der Waals surface area contributed by atoms with Crippen molar-refractivity contribution in [1.82, 2.24) is 19.0 Å². The Morgan fingerprint density at radius 1 is 1.02 bits per heavy atom. The number of carbonyl (C=O) groups is 2. The number of rotatable bonds is 10. The minimum absolute atomic E-state index is 0.112. The molecule has 3 N–H and O–H groups in total. The van der Waals surface area contributed by atoms with Crippen LogP contribution in [-0.2, 0) is 26.2 Å². The van der Waals surface area contributed by atoms with Gasteiger partial charge in [0.25, 0.3) is 10.2 Å². The highest BCUT2D eigenvalue weighted by molar-refractivity contribution is 7.87. The number of aromatic nitrogens is 2. The van der Waals surface area contributed by atoms with Crippen LogP contribution in [0.5, 0.6) is 0 Å². The lowest BCUT2D eigenvalue weighted by molar-refractivity contribution is -0.143. The maximum absolute atomic E-state index is 12.8. The first-order valence-electron chi connectivity index (χ1n) is 14.7. The fourth-order valence-electron chi connectivity index (χ4n) is 4.80. The molecule has 0 saturated carbocycles. The Labute approximate surface area is 272 Å². The molecule has 1 fully saturated rings. The van der Waals surface area contributed by atoms with E-state index in [0.717, 1.165) is 28.1 Å². The number of piperazine rings is 1. The van der Waals surface area contributed by atoms with Gasteiger partial charge in [-0.3, -0.25) is 14.6 Å². The number of pyridine rings is 1. The van der Waals surface area contributed by atoms with E-state index in [9.17, 15) is 23.1 Å². The van der Waals surface area contributed by atoms with Crippen molar-refractivity contribution in [3.63, 3.8) is 0 Å². The molecule has 0 radical (unpaired) electrons. The molecule has 1 aliphatic rings. The Morgan fingerprint density at radius 3 is 2.41 bits per heavy atom. The zero-order valence-corrected chi connectivity index (χ0v) is 27.1. The monoisotopic (exact) mass is 658 g/mol. The van der Waals surface area contributed by atoms with Crippen LogP contribution in [0.4, 0.5) is 11.4 Å². The number of nitrogens with one attached hydrogen (secondary N) is 2. The molecule has 3 heterocycles. The summed E-state index contributed by atoms with van der Waals surface area (Å²) >= 11 is 1.44. The molecule has 13 heteroatoms.